The van der Waals surface area contributed by atoms with Gasteiger partial charge < -0.3 is 35.0 Å². The summed E-state index contributed by atoms with van der Waals surface area (Å²) in [4.78, 5) is 57.3. The minimum absolute atomic E-state index is 0. The first kappa shape index (κ1) is 38.9. The standard InChI is InChI=1S/2C21H22N2O4.H2O/c2*1-21-8-9-22(2)20(21)23(3)16-10-13(12-24)18(11-15(16)21)27-19(26)14-6-4-5-7-17(14)25;/h2*4-7,10-12,20,25H,8-9H2,1-3H3;1H2/t2*20-,21+;/m11./s1. The van der Waals surface area contributed by atoms with Gasteiger partial charge in [0, 0.05) is 49.4 Å². The molecular weight excluding hydrogens is 704 g/mol. The lowest BCUT2D eigenvalue weighted by atomic mass is 9.81. The van der Waals surface area contributed by atoms with Crippen molar-refractivity contribution in [3.8, 4) is 23.0 Å². The van der Waals surface area contributed by atoms with E-state index in [1.54, 1.807) is 36.4 Å². The van der Waals surface area contributed by atoms with Gasteiger partial charge in [-0.3, -0.25) is 19.4 Å². The van der Waals surface area contributed by atoms with Crippen molar-refractivity contribution < 1.29 is 44.3 Å². The Morgan fingerprint density at radius 2 is 1.02 bits per heavy atom. The van der Waals surface area contributed by atoms with E-state index in [-0.39, 0.29) is 62.8 Å². The number of anilines is 2. The highest BCUT2D eigenvalue weighted by Gasteiger charge is 2.53. The Morgan fingerprint density at radius 1 is 0.655 bits per heavy atom. The van der Waals surface area contributed by atoms with E-state index in [4.69, 9.17) is 9.47 Å². The van der Waals surface area contributed by atoms with E-state index in [0.717, 1.165) is 48.4 Å². The summed E-state index contributed by atoms with van der Waals surface area (Å²) in [6, 6.07) is 19.6. The SMILES string of the molecule is CN1CC[C@@]2(C)c3cc(OC(=O)c4ccccc4O)c(C=O)cc3N(C)[C@@H]12.CN1CC[C@@]2(C)c3cc(OC(=O)c4ccccc4O)c(C=O)cc3N(C)[C@@H]12.O. The lowest BCUT2D eigenvalue weighted by molar-refractivity contribution is 0.0719. The maximum Gasteiger partial charge on any atom is 0.347 e. The summed E-state index contributed by atoms with van der Waals surface area (Å²) in [5.41, 5.74) is 4.68. The first-order chi connectivity index (χ1) is 25.7. The van der Waals surface area contributed by atoms with Gasteiger partial charge >= 0.3 is 11.9 Å². The van der Waals surface area contributed by atoms with Gasteiger partial charge in [-0.1, -0.05) is 38.1 Å². The average molecular weight is 751 g/mol. The number of para-hydroxylation sites is 2. The smallest absolute Gasteiger partial charge is 0.347 e. The van der Waals surface area contributed by atoms with E-state index >= 15 is 0 Å². The van der Waals surface area contributed by atoms with E-state index < -0.39 is 11.9 Å². The van der Waals surface area contributed by atoms with Crippen LogP contribution in [0.25, 0.3) is 0 Å². The normalized spacial score (nSPS) is 23.4. The zero-order valence-corrected chi connectivity index (χ0v) is 31.7. The molecule has 4 aromatic carbocycles. The van der Waals surface area contributed by atoms with E-state index in [2.05, 4.69) is 47.5 Å². The van der Waals surface area contributed by atoms with Gasteiger partial charge in [-0.15, -0.1) is 0 Å². The first-order valence-electron chi connectivity index (χ1n) is 17.9. The van der Waals surface area contributed by atoms with Crippen LogP contribution in [0.1, 0.15) is 79.2 Å². The maximum atomic E-state index is 12.5. The van der Waals surface area contributed by atoms with Crippen LogP contribution in [0.5, 0.6) is 23.0 Å². The Bertz CT molecular complexity index is 2040. The number of hydrogen-bond donors (Lipinski definition) is 2. The number of carbonyl (C=O) groups excluding carboxylic acids is 4. The molecule has 2 saturated heterocycles. The molecule has 0 aromatic heterocycles. The predicted molar refractivity (Wildman–Crippen MR) is 207 cm³/mol. The molecule has 4 aliphatic rings. The summed E-state index contributed by atoms with van der Waals surface area (Å²) in [6.07, 6.45) is 3.77. The van der Waals surface area contributed by atoms with Crippen LogP contribution in [0, 0.1) is 0 Å². The second-order valence-corrected chi connectivity index (χ2v) is 15.1. The molecule has 2 fully saturated rings. The number of phenols is 2. The van der Waals surface area contributed by atoms with Crippen LogP contribution in [0.3, 0.4) is 0 Å². The van der Waals surface area contributed by atoms with Crippen molar-refractivity contribution in [2.75, 3.05) is 51.1 Å². The van der Waals surface area contributed by atoms with E-state index in [0.29, 0.717) is 23.7 Å². The molecule has 0 unspecified atom stereocenters. The maximum absolute atomic E-state index is 12.5. The molecule has 4 atom stereocenters. The van der Waals surface area contributed by atoms with Gasteiger partial charge in [0.1, 0.15) is 34.1 Å². The molecule has 4 N–H and O–H groups in total. The number of benzene rings is 4. The van der Waals surface area contributed by atoms with Gasteiger partial charge in [0.2, 0.25) is 0 Å². The van der Waals surface area contributed by atoms with E-state index in [9.17, 15) is 29.4 Å². The van der Waals surface area contributed by atoms with E-state index in [1.807, 2.05) is 26.2 Å². The van der Waals surface area contributed by atoms with Crippen LogP contribution in [0.2, 0.25) is 0 Å². The molecule has 13 nitrogen and oxygen atoms in total. The molecule has 0 bridgehead atoms. The van der Waals surface area contributed by atoms with Crippen LogP contribution in [0.15, 0.2) is 72.8 Å². The summed E-state index contributed by atoms with van der Waals surface area (Å²) >= 11 is 0. The average Bonchev–Trinajstić information content (AvgIpc) is 3.78. The fourth-order valence-electron chi connectivity index (χ4n) is 9.18. The van der Waals surface area contributed by atoms with Gasteiger partial charge in [0.05, 0.1) is 23.5 Å². The van der Waals surface area contributed by atoms with Crippen molar-refractivity contribution in [1.82, 2.24) is 9.80 Å². The van der Waals surface area contributed by atoms with Crippen molar-refractivity contribution in [3.05, 3.63) is 106 Å². The highest BCUT2D eigenvalue weighted by molar-refractivity contribution is 5.96. The molecule has 4 aliphatic heterocycles. The molecule has 0 aliphatic carbocycles. The number of aldehydes is 2. The largest absolute Gasteiger partial charge is 0.507 e. The van der Waals surface area contributed by atoms with Crippen molar-refractivity contribution in [2.24, 2.45) is 0 Å². The van der Waals surface area contributed by atoms with Crippen LogP contribution in [-0.4, -0.2) is 104 Å². The van der Waals surface area contributed by atoms with E-state index in [1.165, 1.54) is 24.3 Å². The van der Waals surface area contributed by atoms with Crippen molar-refractivity contribution in [2.45, 2.75) is 49.9 Å². The topological polar surface area (TPSA) is 172 Å². The number of ether oxygens (including phenoxy) is 2. The number of phenolic OH excluding ortho intramolecular Hbond substituents is 2. The van der Waals surface area contributed by atoms with Crippen LogP contribution in [-0.2, 0) is 10.8 Å². The van der Waals surface area contributed by atoms with Crippen LogP contribution < -0.4 is 19.3 Å². The lowest BCUT2D eigenvalue weighted by Gasteiger charge is -2.32. The lowest BCUT2D eigenvalue weighted by Crippen LogP contribution is -2.45. The summed E-state index contributed by atoms with van der Waals surface area (Å²) in [5, 5.41) is 19.8. The summed E-state index contributed by atoms with van der Waals surface area (Å²) in [6.45, 7) is 6.37. The van der Waals surface area contributed by atoms with Gasteiger partial charge in [-0.05, 0) is 86.6 Å². The molecule has 55 heavy (non-hydrogen) atoms. The predicted octanol–water partition coefficient (Wildman–Crippen LogP) is 4.76. The highest BCUT2D eigenvalue weighted by atomic mass is 16.5. The number of likely N-dealkylation sites (tertiary alicyclic amines) is 2. The van der Waals surface area contributed by atoms with Crippen molar-refractivity contribution in [1.29, 1.82) is 0 Å². The molecule has 288 valence electrons. The second-order valence-electron chi connectivity index (χ2n) is 15.1. The number of nitrogens with zero attached hydrogens (tertiary/aromatic N) is 4. The van der Waals surface area contributed by atoms with Gasteiger partial charge in [0.15, 0.2) is 12.6 Å². The second kappa shape index (κ2) is 14.5. The minimum atomic E-state index is -0.687. The first-order valence-corrected chi connectivity index (χ1v) is 17.9. The number of esters is 2. The van der Waals surface area contributed by atoms with Crippen molar-refractivity contribution >= 4 is 35.9 Å². The molecule has 4 aromatic rings. The molecule has 13 heteroatoms. The highest BCUT2D eigenvalue weighted by Crippen LogP contribution is 2.53. The number of aromatic hydroxyl groups is 2. The molecule has 0 saturated carbocycles. The van der Waals surface area contributed by atoms with Gasteiger partial charge in [-0.2, -0.15) is 0 Å². The molecule has 0 radical (unpaired) electrons. The number of fused-ring (bicyclic) bond motifs is 6. The third-order valence-electron chi connectivity index (χ3n) is 11.8. The summed E-state index contributed by atoms with van der Waals surface area (Å²) in [5.74, 6) is -1.23. The Hall–Kier alpha value is -5.76. The van der Waals surface area contributed by atoms with Gasteiger partial charge in [-0.25, -0.2) is 9.59 Å². The number of hydrogen-bond acceptors (Lipinski definition) is 12. The molecular formula is C42H46N4O9. The molecule has 4 heterocycles. The zero-order chi connectivity index (χ0) is 38.7. The number of rotatable bonds is 6. The third kappa shape index (κ3) is 6.27. The molecule has 0 amide bonds. The molecule has 8 rings (SSSR count). The fraction of sp³-hybridized carbons (Fsp3) is 0.333. The molecule has 0 spiro atoms. The summed E-state index contributed by atoms with van der Waals surface area (Å²) < 4.78 is 11.0. The van der Waals surface area contributed by atoms with Crippen LogP contribution in [0.4, 0.5) is 11.4 Å². The van der Waals surface area contributed by atoms with Crippen LogP contribution >= 0.6 is 0 Å². The van der Waals surface area contributed by atoms with Gasteiger partial charge in [0.25, 0.3) is 0 Å². The number of likely N-dealkylation sites (N-methyl/N-ethyl adjacent to an activating group) is 4. The Morgan fingerprint density at radius 3 is 1.36 bits per heavy atom. The monoisotopic (exact) mass is 750 g/mol. The Labute approximate surface area is 319 Å². The fourth-order valence-corrected chi connectivity index (χ4v) is 9.18. The summed E-state index contributed by atoms with van der Waals surface area (Å²) in [7, 11) is 8.24. The zero-order valence-electron chi connectivity index (χ0n) is 31.7. The number of carbonyl (C=O) groups is 4. The third-order valence-corrected chi connectivity index (χ3v) is 11.8. The van der Waals surface area contributed by atoms with Crippen molar-refractivity contribution in [3.63, 3.8) is 0 Å². The quantitative estimate of drug-likeness (QED) is 0.158. The minimum Gasteiger partial charge on any atom is -0.507 e. The Kier molecular flexibility index (Phi) is 10.3. The Balaban J connectivity index is 0.000000184.